The molecule has 0 aliphatic carbocycles. The summed E-state index contributed by atoms with van der Waals surface area (Å²) < 4.78 is 88.5. The Kier molecular flexibility index (Phi) is 13.3. The molecule has 2 amide bonds. The van der Waals surface area contributed by atoms with Crippen LogP contribution in [-0.2, 0) is 21.9 Å². The van der Waals surface area contributed by atoms with Gasteiger partial charge in [-0.15, -0.1) is 0 Å². The largest absolute Gasteiger partial charge is 0.492 e. The number of carboxylic acids is 1. The number of alkyl halides is 6. The van der Waals surface area contributed by atoms with Crippen LogP contribution in [0.3, 0.4) is 0 Å². The number of ether oxygens (including phenoxy) is 1. The number of rotatable bonds is 13. The Morgan fingerprint density at radius 1 is 0.891 bits per heavy atom. The van der Waals surface area contributed by atoms with Crippen molar-refractivity contribution in [3.05, 3.63) is 87.8 Å². The number of hydrogen-bond donors (Lipinski definition) is 2. The van der Waals surface area contributed by atoms with E-state index in [1.165, 1.54) is 53.4 Å². The molecule has 0 spiro atoms. The molecular weight excluding hydrogens is 771 g/mol. The maximum absolute atomic E-state index is 13.7. The van der Waals surface area contributed by atoms with E-state index in [0.29, 0.717) is 30.3 Å². The molecule has 2 aliphatic heterocycles. The number of thiocarbonyl (C=S) groups is 1. The molecule has 2 saturated heterocycles. The number of amides is 2. The van der Waals surface area contributed by atoms with Crippen molar-refractivity contribution in [2.24, 2.45) is 5.92 Å². The first kappa shape index (κ1) is 41.7. The van der Waals surface area contributed by atoms with Gasteiger partial charge < -0.3 is 20.1 Å². The fourth-order valence-corrected chi connectivity index (χ4v) is 7.36. The normalized spacial score (nSPS) is 16.7. The lowest BCUT2D eigenvalue weighted by atomic mass is 9.97. The Balaban J connectivity index is 1.37. The summed E-state index contributed by atoms with van der Waals surface area (Å²) in [6.45, 7) is 9.48. The minimum absolute atomic E-state index is 0.0278. The molecule has 0 atom stereocenters. The molecule has 0 radical (unpaired) electrons. The van der Waals surface area contributed by atoms with Gasteiger partial charge in [-0.25, -0.2) is 4.79 Å². The average molecular weight is 809 g/mol. The summed E-state index contributed by atoms with van der Waals surface area (Å²) in [6.07, 6.45) is -8.83. The molecule has 2 fully saturated rings. The van der Waals surface area contributed by atoms with Gasteiger partial charge in [0.2, 0.25) is 5.91 Å². The van der Waals surface area contributed by atoms with Crippen LogP contribution in [0.1, 0.15) is 47.3 Å². The highest BCUT2D eigenvalue weighted by Gasteiger charge is 2.37. The summed E-state index contributed by atoms with van der Waals surface area (Å²) in [5.74, 6) is -1.34. The lowest BCUT2D eigenvalue weighted by molar-refractivity contribution is -0.143. The molecule has 0 saturated carbocycles. The van der Waals surface area contributed by atoms with Gasteiger partial charge in [-0.1, -0.05) is 43.9 Å². The molecule has 2 aliphatic rings. The van der Waals surface area contributed by atoms with Crippen LogP contribution in [-0.4, -0.2) is 94.3 Å². The lowest BCUT2D eigenvalue weighted by Gasteiger charge is -2.35. The zero-order chi connectivity index (χ0) is 40.1. The minimum atomic E-state index is -5.04. The summed E-state index contributed by atoms with van der Waals surface area (Å²) in [5, 5.41) is 11.7. The van der Waals surface area contributed by atoms with Gasteiger partial charge in [0, 0.05) is 63.5 Å². The van der Waals surface area contributed by atoms with Crippen LogP contribution in [0.5, 0.6) is 5.75 Å². The van der Waals surface area contributed by atoms with Crippen molar-refractivity contribution in [3.8, 4) is 16.9 Å². The van der Waals surface area contributed by atoms with Crippen molar-refractivity contribution in [2.45, 2.75) is 32.6 Å². The highest BCUT2D eigenvalue weighted by Crippen LogP contribution is 2.40. The number of nitrogens with zero attached hydrogens (tertiary/aromatic N) is 3. The van der Waals surface area contributed by atoms with Crippen LogP contribution in [0.2, 0.25) is 0 Å². The fraction of sp³-hybridized carbons (Fsp3) is 0.368. The Labute approximate surface area is 323 Å². The zero-order valence-corrected chi connectivity index (χ0v) is 31.4. The highest BCUT2D eigenvalue weighted by atomic mass is 32.2. The monoisotopic (exact) mass is 808 g/mol. The second-order valence-corrected chi connectivity index (χ2v) is 15.1. The SMILES string of the molecule is CC(C)CN1CCN(CCOc2ccc(-c3cc(C(F)(F)F)cc(C(F)(F)F)c3)cc2C=C2SC(=S)N(CCC(=O)Nc3ccc(C(=O)O)cc3)C2=O)CC1. The lowest BCUT2D eigenvalue weighted by Crippen LogP contribution is -2.48. The molecule has 2 N–H and O–H groups in total. The Morgan fingerprint density at radius 2 is 1.51 bits per heavy atom. The molecule has 294 valence electrons. The third kappa shape index (κ3) is 11.3. The number of anilines is 1. The maximum Gasteiger partial charge on any atom is 0.416 e. The fourth-order valence-electron chi connectivity index (χ4n) is 6.06. The number of nitrogens with one attached hydrogen (secondary N) is 1. The van der Waals surface area contributed by atoms with E-state index in [4.69, 9.17) is 22.1 Å². The van der Waals surface area contributed by atoms with E-state index in [9.17, 15) is 40.7 Å². The van der Waals surface area contributed by atoms with Gasteiger partial charge in [-0.2, -0.15) is 26.3 Å². The smallest absolute Gasteiger partial charge is 0.416 e. The number of carbonyl (C=O) groups is 3. The first-order valence-corrected chi connectivity index (χ1v) is 18.5. The van der Waals surface area contributed by atoms with Gasteiger partial charge in [-0.05, 0) is 77.7 Å². The van der Waals surface area contributed by atoms with E-state index in [0.717, 1.165) is 44.5 Å². The zero-order valence-electron chi connectivity index (χ0n) is 29.8. The third-order valence-electron chi connectivity index (χ3n) is 8.82. The van der Waals surface area contributed by atoms with E-state index >= 15 is 0 Å². The Bertz CT molecular complexity index is 1910. The molecule has 2 heterocycles. The predicted molar refractivity (Wildman–Crippen MR) is 202 cm³/mol. The molecule has 17 heteroatoms. The van der Waals surface area contributed by atoms with Gasteiger partial charge in [0.25, 0.3) is 5.91 Å². The van der Waals surface area contributed by atoms with E-state index in [2.05, 4.69) is 29.0 Å². The van der Waals surface area contributed by atoms with Gasteiger partial charge in [0.1, 0.15) is 16.7 Å². The van der Waals surface area contributed by atoms with Crippen molar-refractivity contribution in [2.75, 3.05) is 57.7 Å². The predicted octanol–water partition coefficient (Wildman–Crippen LogP) is 7.97. The van der Waals surface area contributed by atoms with Gasteiger partial charge >= 0.3 is 18.3 Å². The average Bonchev–Trinajstić information content (AvgIpc) is 3.38. The van der Waals surface area contributed by atoms with Crippen LogP contribution in [0.4, 0.5) is 32.0 Å². The number of aromatic carboxylic acids is 1. The van der Waals surface area contributed by atoms with Crippen molar-refractivity contribution in [1.29, 1.82) is 0 Å². The Hall–Kier alpha value is -4.45. The van der Waals surface area contributed by atoms with Crippen LogP contribution in [0.15, 0.2) is 65.6 Å². The van der Waals surface area contributed by atoms with Crippen molar-refractivity contribution in [3.63, 3.8) is 0 Å². The number of thioether (sulfide) groups is 1. The summed E-state index contributed by atoms with van der Waals surface area (Å²) in [4.78, 5) is 43.2. The molecule has 0 bridgehead atoms. The first-order valence-electron chi connectivity index (χ1n) is 17.3. The third-order valence-corrected chi connectivity index (χ3v) is 10.2. The van der Waals surface area contributed by atoms with Crippen molar-refractivity contribution in [1.82, 2.24) is 14.7 Å². The van der Waals surface area contributed by atoms with Gasteiger partial charge in [-0.3, -0.25) is 19.4 Å². The molecule has 9 nitrogen and oxygen atoms in total. The van der Waals surface area contributed by atoms with Gasteiger partial charge in [0.05, 0.1) is 21.6 Å². The molecule has 0 aromatic heterocycles. The minimum Gasteiger partial charge on any atom is -0.492 e. The number of hydrogen-bond acceptors (Lipinski definition) is 8. The second-order valence-electron chi connectivity index (χ2n) is 13.4. The number of piperazine rings is 1. The quantitative estimate of drug-likeness (QED) is 0.101. The van der Waals surface area contributed by atoms with Crippen LogP contribution < -0.4 is 10.1 Å². The van der Waals surface area contributed by atoms with E-state index in [1.807, 2.05) is 0 Å². The van der Waals surface area contributed by atoms with Crippen molar-refractivity contribution >= 4 is 57.8 Å². The molecule has 3 aromatic carbocycles. The standard InChI is InChI=1S/C38H38F6N4O5S2/c1-23(2)22-47-13-11-46(12-14-47)15-16-53-31-8-5-25(26-18-28(37(39,40)41)21-29(19-26)38(42,43)44)17-27(31)20-32-34(50)48(36(54)55-32)10-9-33(49)45-30-6-3-24(4-7-30)35(51)52/h3-8,17-21,23H,9-16,22H2,1-2H3,(H,45,49)(H,51,52). The molecule has 55 heavy (non-hydrogen) atoms. The van der Waals surface area contributed by atoms with Crippen LogP contribution >= 0.6 is 24.0 Å². The molecule has 3 aromatic rings. The highest BCUT2D eigenvalue weighted by molar-refractivity contribution is 8.26. The second kappa shape index (κ2) is 17.6. The van der Waals surface area contributed by atoms with Crippen LogP contribution in [0.25, 0.3) is 17.2 Å². The summed E-state index contributed by atoms with van der Waals surface area (Å²) in [7, 11) is 0. The molecular formula is C38H38F6N4O5S2. The Morgan fingerprint density at radius 3 is 2.09 bits per heavy atom. The summed E-state index contributed by atoms with van der Waals surface area (Å²) >= 11 is 6.35. The number of halogens is 6. The number of benzene rings is 3. The van der Waals surface area contributed by atoms with E-state index in [-0.39, 0.29) is 62.9 Å². The number of carbonyl (C=O) groups excluding carboxylic acids is 2. The maximum atomic E-state index is 13.7. The molecule has 5 rings (SSSR count). The summed E-state index contributed by atoms with van der Waals surface area (Å²) in [6, 6.07) is 11.0. The summed E-state index contributed by atoms with van der Waals surface area (Å²) in [5.41, 5.74) is -2.61. The van der Waals surface area contributed by atoms with E-state index in [1.54, 1.807) is 0 Å². The topological polar surface area (TPSA) is 102 Å². The van der Waals surface area contributed by atoms with Crippen molar-refractivity contribution < 1.29 is 50.6 Å². The van der Waals surface area contributed by atoms with Crippen LogP contribution in [0, 0.1) is 5.92 Å². The van der Waals surface area contributed by atoms with Gasteiger partial charge in [0.15, 0.2) is 0 Å². The first-order chi connectivity index (χ1) is 25.9. The van der Waals surface area contributed by atoms with E-state index < -0.39 is 41.3 Å². The molecule has 0 unspecified atom stereocenters. The number of carboxylic acid groups (broad SMARTS) is 1.